The highest BCUT2D eigenvalue weighted by molar-refractivity contribution is 5.82. The van der Waals surface area contributed by atoms with Gasteiger partial charge in [-0.15, -0.1) is 5.06 Å². The molecule has 1 saturated heterocycles. The summed E-state index contributed by atoms with van der Waals surface area (Å²) in [5, 5.41) is 3.47. The molecular weight excluding hydrogens is 548 g/mol. The van der Waals surface area contributed by atoms with E-state index in [0.717, 1.165) is 5.06 Å². The second-order valence-corrected chi connectivity index (χ2v) is 8.28. The van der Waals surface area contributed by atoms with Gasteiger partial charge in [0.25, 0.3) is 5.91 Å². The van der Waals surface area contributed by atoms with E-state index in [1.54, 1.807) is 0 Å². The van der Waals surface area contributed by atoms with E-state index >= 15 is 0 Å². The number of carbonyl (C=O) groups excluding carboxylic acids is 3. The highest BCUT2D eigenvalue weighted by atomic mass is 16.7. The highest BCUT2D eigenvalue weighted by Crippen LogP contribution is 2.20. The fourth-order valence-corrected chi connectivity index (χ4v) is 2.99. The molecule has 1 heterocycles. The summed E-state index contributed by atoms with van der Waals surface area (Å²) in [4.78, 5) is 39.1. The van der Waals surface area contributed by atoms with Crippen molar-refractivity contribution in [2.45, 2.75) is 19.3 Å². The van der Waals surface area contributed by atoms with Crippen LogP contribution in [0.15, 0.2) is 12.3 Å². The van der Waals surface area contributed by atoms with E-state index in [0.29, 0.717) is 124 Å². The fraction of sp³-hybridized carbons (Fsp3) is 0.808. The lowest BCUT2D eigenvalue weighted by atomic mass is 10.3. The zero-order valence-electron chi connectivity index (χ0n) is 24.1. The van der Waals surface area contributed by atoms with Crippen LogP contribution < -0.4 is 5.32 Å². The molecule has 15 nitrogen and oxygen atoms in total. The zero-order valence-corrected chi connectivity index (χ0v) is 24.1. The summed E-state index contributed by atoms with van der Waals surface area (Å²) in [6.07, 6.45) is 0.365. The number of carbonyl (C=O) groups is 3. The smallest absolute Gasteiger partial charge is 0.406 e. The van der Waals surface area contributed by atoms with Crippen LogP contribution in [0.4, 0.5) is 4.79 Å². The van der Waals surface area contributed by atoms with E-state index in [2.05, 4.69) is 16.6 Å². The van der Waals surface area contributed by atoms with Crippen molar-refractivity contribution in [2.24, 2.45) is 0 Å². The quantitative estimate of drug-likeness (QED) is 0.125. The summed E-state index contributed by atoms with van der Waals surface area (Å²) < 4.78 is 47.5. The number of allylic oxidation sites excluding steroid dienone is 1. The molecule has 15 heteroatoms. The first-order valence-corrected chi connectivity index (χ1v) is 13.7. The van der Waals surface area contributed by atoms with Crippen LogP contribution in [0.3, 0.4) is 0 Å². The van der Waals surface area contributed by atoms with Gasteiger partial charge in [0.15, 0.2) is 0 Å². The molecule has 1 N–H and O–H groups in total. The lowest BCUT2D eigenvalue weighted by Crippen LogP contribution is -2.27. The Kier molecular flexibility index (Phi) is 23.7. The zero-order chi connectivity index (χ0) is 29.8. The van der Waals surface area contributed by atoms with Gasteiger partial charge in [0, 0.05) is 13.0 Å². The van der Waals surface area contributed by atoms with Gasteiger partial charge in [-0.25, -0.2) is 9.59 Å². The van der Waals surface area contributed by atoms with Gasteiger partial charge in [-0.2, -0.15) is 0 Å². The number of rotatable bonds is 28. The maximum absolute atomic E-state index is 11.7. The first kappa shape index (κ1) is 36.7. The van der Waals surface area contributed by atoms with E-state index in [4.69, 9.17) is 42.7 Å². The molecule has 0 spiro atoms. The first-order chi connectivity index (χ1) is 20.0. The van der Waals surface area contributed by atoms with Crippen molar-refractivity contribution in [3.63, 3.8) is 0 Å². The van der Waals surface area contributed by atoms with Gasteiger partial charge in [0.05, 0.1) is 125 Å². The molecule has 1 aliphatic rings. The van der Waals surface area contributed by atoms with Gasteiger partial charge in [-0.1, -0.05) is 6.58 Å². The minimum absolute atomic E-state index is 0.0355. The molecule has 0 unspecified atom stereocenters. The molecule has 1 fully saturated rings. The molecule has 1 rings (SSSR count). The first-order valence-electron chi connectivity index (χ1n) is 13.7. The average Bonchev–Trinajstić information content (AvgIpc) is 3.28. The van der Waals surface area contributed by atoms with E-state index in [-0.39, 0.29) is 18.9 Å². The van der Waals surface area contributed by atoms with Gasteiger partial charge >= 0.3 is 12.1 Å². The van der Waals surface area contributed by atoms with Crippen molar-refractivity contribution >= 4 is 18.0 Å². The molecule has 0 aromatic carbocycles. The molecule has 2 amide bonds. The Labute approximate surface area is 241 Å². The van der Waals surface area contributed by atoms with E-state index in [1.165, 1.54) is 7.11 Å². The summed E-state index contributed by atoms with van der Waals surface area (Å²) in [6.45, 7) is 10.8. The third-order valence-electron chi connectivity index (χ3n) is 5.09. The number of amides is 2. The molecule has 1 aliphatic heterocycles. The largest absolute Gasteiger partial charge is 0.453 e. The Morgan fingerprint density at radius 1 is 0.659 bits per heavy atom. The summed E-state index contributed by atoms with van der Waals surface area (Å²) in [6, 6.07) is 0. The predicted molar refractivity (Wildman–Crippen MR) is 143 cm³/mol. The van der Waals surface area contributed by atoms with Crippen LogP contribution in [0.2, 0.25) is 0 Å². The molecule has 0 radical (unpaired) electrons. The Morgan fingerprint density at radius 3 is 1.41 bits per heavy atom. The lowest BCUT2D eigenvalue weighted by molar-refractivity contribution is -0.187. The van der Waals surface area contributed by atoms with Crippen molar-refractivity contribution in [2.75, 3.05) is 119 Å². The van der Waals surface area contributed by atoms with Gasteiger partial charge in [0.2, 0.25) is 0 Å². The SMILES string of the molecule is C=C1CCC(=O)N1OC(=O)CCOCCOCCOCCOCCOCCOCCOCCOCCNC(=O)OC. The average molecular weight is 595 g/mol. The number of methoxy groups -OCH3 is 1. The third kappa shape index (κ3) is 22.0. The van der Waals surface area contributed by atoms with E-state index < -0.39 is 12.1 Å². The van der Waals surface area contributed by atoms with Crippen LogP contribution in [0.1, 0.15) is 19.3 Å². The monoisotopic (exact) mass is 594 g/mol. The van der Waals surface area contributed by atoms with Crippen LogP contribution in [0.25, 0.3) is 0 Å². The summed E-state index contributed by atoms with van der Waals surface area (Å²) in [5.41, 5.74) is 0.488. The summed E-state index contributed by atoms with van der Waals surface area (Å²) in [5.74, 6) is -0.804. The van der Waals surface area contributed by atoms with Crippen LogP contribution in [0.5, 0.6) is 0 Å². The van der Waals surface area contributed by atoms with Crippen molar-refractivity contribution in [3.8, 4) is 0 Å². The van der Waals surface area contributed by atoms with Crippen molar-refractivity contribution in [1.82, 2.24) is 10.4 Å². The molecule has 238 valence electrons. The standard InChI is InChI=1S/C26H46N2O13/c1-23-3-4-24(29)28(23)41-25(30)5-7-33-9-11-35-13-15-37-17-19-39-21-22-40-20-18-38-16-14-36-12-10-34-8-6-27-26(31)32-2/h1,3-22H2,2H3,(H,27,31). The highest BCUT2D eigenvalue weighted by Gasteiger charge is 2.27. The second kappa shape index (κ2) is 26.5. The predicted octanol–water partition coefficient (Wildman–Crippen LogP) is 0.460. The number of nitrogens with zero attached hydrogens (tertiary/aromatic N) is 1. The van der Waals surface area contributed by atoms with Gasteiger partial charge in [-0.3, -0.25) is 4.79 Å². The Balaban J connectivity index is 1.68. The maximum atomic E-state index is 11.7. The normalized spacial score (nSPS) is 13.1. The lowest BCUT2D eigenvalue weighted by Gasteiger charge is -2.15. The van der Waals surface area contributed by atoms with Crippen molar-refractivity contribution in [1.29, 1.82) is 0 Å². The second-order valence-electron chi connectivity index (χ2n) is 8.28. The fourth-order valence-electron chi connectivity index (χ4n) is 2.99. The molecule has 0 aromatic heterocycles. The van der Waals surface area contributed by atoms with Crippen LogP contribution >= 0.6 is 0 Å². The molecule has 0 atom stereocenters. The minimum atomic E-state index is -0.542. The number of hydroxylamine groups is 2. The molecule has 41 heavy (non-hydrogen) atoms. The number of hydrogen-bond acceptors (Lipinski definition) is 13. The minimum Gasteiger partial charge on any atom is -0.453 e. The Morgan fingerprint density at radius 2 is 1.05 bits per heavy atom. The number of alkyl carbamates (subject to hydrolysis) is 1. The molecule has 0 saturated carbocycles. The van der Waals surface area contributed by atoms with Gasteiger partial charge in [-0.05, 0) is 6.42 Å². The maximum Gasteiger partial charge on any atom is 0.406 e. The van der Waals surface area contributed by atoms with Crippen LogP contribution in [-0.4, -0.2) is 142 Å². The molecular formula is C26H46N2O13. The molecule has 0 bridgehead atoms. The van der Waals surface area contributed by atoms with Gasteiger partial charge < -0.3 is 52.8 Å². The number of nitrogens with one attached hydrogen (secondary N) is 1. The van der Waals surface area contributed by atoms with E-state index in [1.807, 2.05) is 0 Å². The summed E-state index contributed by atoms with van der Waals surface area (Å²) in [7, 11) is 1.31. The number of ether oxygens (including phenoxy) is 9. The third-order valence-corrected chi connectivity index (χ3v) is 5.09. The topological polar surface area (TPSA) is 159 Å². The van der Waals surface area contributed by atoms with Crippen molar-refractivity contribution < 1.29 is 61.9 Å². The van der Waals surface area contributed by atoms with Crippen molar-refractivity contribution in [3.05, 3.63) is 12.3 Å². The number of hydrogen-bond donors (Lipinski definition) is 1. The van der Waals surface area contributed by atoms with Crippen LogP contribution in [-0.2, 0) is 57.1 Å². The summed E-state index contributed by atoms with van der Waals surface area (Å²) >= 11 is 0. The molecule has 0 aromatic rings. The van der Waals surface area contributed by atoms with Crippen LogP contribution in [0, 0.1) is 0 Å². The Hall–Kier alpha value is -2.37. The van der Waals surface area contributed by atoms with Gasteiger partial charge in [0.1, 0.15) is 0 Å². The van der Waals surface area contributed by atoms with E-state index in [9.17, 15) is 14.4 Å². The Bertz CT molecular complexity index is 695. The molecule has 0 aliphatic carbocycles.